The van der Waals surface area contributed by atoms with E-state index in [-0.39, 0.29) is 18.5 Å². The summed E-state index contributed by atoms with van der Waals surface area (Å²) in [4.78, 5) is 39.0. The average molecular weight is 428 g/mol. The molecule has 1 aromatic rings. The molecule has 0 aromatic heterocycles. The predicted octanol–water partition coefficient (Wildman–Crippen LogP) is 4.52. The molecule has 0 radical (unpaired) electrons. The van der Waals surface area contributed by atoms with Crippen LogP contribution in [-0.2, 0) is 14.3 Å². The molecule has 1 aliphatic heterocycles. The number of nitrogens with one attached hydrogen (secondary N) is 2. The van der Waals surface area contributed by atoms with Gasteiger partial charge in [-0.1, -0.05) is 37.8 Å². The van der Waals surface area contributed by atoms with E-state index < -0.39 is 12.0 Å². The molecule has 1 saturated carbocycles. The monoisotopic (exact) mass is 427 g/mol. The molecular weight excluding hydrogens is 394 g/mol. The Bertz CT molecular complexity index is 841. The van der Waals surface area contributed by atoms with Crippen molar-refractivity contribution in [1.29, 1.82) is 0 Å². The highest BCUT2D eigenvalue weighted by Gasteiger charge is 2.35. The number of hydrogen-bond acceptors (Lipinski definition) is 4. The van der Waals surface area contributed by atoms with Crippen molar-refractivity contribution in [3.05, 3.63) is 41.1 Å². The van der Waals surface area contributed by atoms with E-state index in [0.717, 1.165) is 12.0 Å². The zero-order valence-electron chi connectivity index (χ0n) is 18.7. The van der Waals surface area contributed by atoms with Crippen LogP contribution >= 0.6 is 0 Å². The van der Waals surface area contributed by atoms with E-state index in [9.17, 15) is 14.4 Å². The summed E-state index contributed by atoms with van der Waals surface area (Å²) >= 11 is 0. The number of benzene rings is 1. The molecule has 2 aliphatic rings. The number of rotatable bonds is 8. The Morgan fingerprint density at radius 1 is 1.16 bits per heavy atom. The fourth-order valence-electron chi connectivity index (χ4n) is 4.50. The second-order valence-corrected chi connectivity index (χ2v) is 8.21. The molecule has 1 unspecified atom stereocenters. The fraction of sp³-hybridized carbons (Fsp3) is 0.542. The van der Waals surface area contributed by atoms with Gasteiger partial charge in [0.2, 0.25) is 5.91 Å². The molecule has 0 spiro atoms. The minimum Gasteiger partial charge on any atom is -0.463 e. The van der Waals surface area contributed by atoms with Gasteiger partial charge in [-0.3, -0.25) is 9.69 Å². The summed E-state index contributed by atoms with van der Waals surface area (Å²) in [6.45, 7) is 6.09. The minimum absolute atomic E-state index is 0.0205. The Hall–Kier alpha value is -2.83. The molecule has 3 rings (SSSR count). The van der Waals surface area contributed by atoms with Gasteiger partial charge in [-0.2, -0.15) is 0 Å². The van der Waals surface area contributed by atoms with Gasteiger partial charge in [0.15, 0.2) is 0 Å². The summed E-state index contributed by atoms with van der Waals surface area (Å²) in [5.74, 6) is 0.266. The van der Waals surface area contributed by atoms with Gasteiger partial charge in [0.1, 0.15) is 0 Å². The highest BCUT2D eigenvalue weighted by molar-refractivity contribution is 5.95. The summed E-state index contributed by atoms with van der Waals surface area (Å²) in [6, 6.07) is 6.42. The molecule has 1 atom stereocenters. The van der Waals surface area contributed by atoms with Crippen LogP contribution in [0.3, 0.4) is 0 Å². The number of allylic oxidation sites excluding steroid dienone is 1. The van der Waals surface area contributed by atoms with Gasteiger partial charge in [-0.05, 0) is 50.8 Å². The van der Waals surface area contributed by atoms with E-state index in [1.54, 1.807) is 26.0 Å². The van der Waals surface area contributed by atoms with Gasteiger partial charge >= 0.3 is 12.0 Å². The first-order chi connectivity index (χ1) is 14.9. The van der Waals surface area contributed by atoms with Crippen molar-refractivity contribution < 1.29 is 19.1 Å². The first kappa shape index (κ1) is 22.8. The Labute approximate surface area is 184 Å². The number of urea groups is 1. The maximum Gasteiger partial charge on any atom is 0.338 e. The topological polar surface area (TPSA) is 87.7 Å². The van der Waals surface area contributed by atoms with Gasteiger partial charge in [0.25, 0.3) is 0 Å². The molecule has 168 valence electrons. The second-order valence-electron chi connectivity index (χ2n) is 8.21. The van der Waals surface area contributed by atoms with Gasteiger partial charge in [-0.25, -0.2) is 9.59 Å². The maximum atomic E-state index is 12.6. The number of esters is 1. The van der Waals surface area contributed by atoms with Gasteiger partial charge < -0.3 is 15.4 Å². The first-order valence-corrected chi connectivity index (χ1v) is 11.3. The smallest absolute Gasteiger partial charge is 0.338 e. The number of hydrogen-bond donors (Lipinski definition) is 2. The summed E-state index contributed by atoms with van der Waals surface area (Å²) in [6.07, 6.45) is 6.51. The molecular formula is C24H33N3O4. The van der Waals surface area contributed by atoms with E-state index in [4.69, 9.17) is 4.74 Å². The van der Waals surface area contributed by atoms with Crippen LogP contribution in [0.15, 0.2) is 35.5 Å². The Morgan fingerprint density at radius 2 is 1.84 bits per heavy atom. The third-order valence-corrected chi connectivity index (χ3v) is 6.19. The number of carbonyl (C=O) groups is 3. The molecule has 1 aliphatic carbocycles. The zero-order chi connectivity index (χ0) is 22.4. The molecule has 2 N–H and O–H groups in total. The Balaban J connectivity index is 1.71. The van der Waals surface area contributed by atoms with Crippen molar-refractivity contribution >= 4 is 23.6 Å². The molecule has 3 amide bonds. The Morgan fingerprint density at radius 3 is 2.45 bits per heavy atom. The molecule has 1 fully saturated rings. The van der Waals surface area contributed by atoms with Crippen LogP contribution in [0, 0.1) is 5.92 Å². The Kier molecular flexibility index (Phi) is 7.71. The number of ether oxygens (including phenoxy) is 1. The summed E-state index contributed by atoms with van der Waals surface area (Å²) in [5.41, 5.74) is 2.49. The molecule has 7 nitrogen and oxygen atoms in total. The largest absolute Gasteiger partial charge is 0.463 e. The quantitative estimate of drug-likeness (QED) is 0.597. The predicted molar refractivity (Wildman–Crippen MR) is 119 cm³/mol. The van der Waals surface area contributed by atoms with Crippen molar-refractivity contribution in [2.75, 3.05) is 18.5 Å². The maximum absolute atomic E-state index is 12.6. The summed E-state index contributed by atoms with van der Waals surface area (Å²) in [7, 11) is 0. The lowest BCUT2D eigenvalue weighted by Gasteiger charge is -2.34. The van der Waals surface area contributed by atoms with Crippen LogP contribution in [0.1, 0.15) is 70.9 Å². The second kappa shape index (κ2) is 10.5. The normalized spacial score (nSPS) is 19.4. The number of carbonyl (C=O) groups excluding carboxylic acids is 3. The van der Waals surface area contributed by atoms with Crippen LogP contribution < -0.4 is 10.6 Å². The molecule has 1 aromatic carbocycles. The minimum atomic E-state index is -0.596. The van der Waals surface area contributed by atoms with Crippen LogP contribution in [0.2, 0.25) is 0 Å². The SMILES string of the molecule is CCOC(=O)C1=C(C)N(CC)C(=O)NC1c1ccc(NC(=O)CCC2CCCC2)cc1. The van der Waals surface area contributed by atoms with E-state index in [1.165, 1.54) is 30.6 Å². The zero-order valence-corrected chi connectivity index (χ0v) is 18.7. The molecule has 0 saturated heterocycles. The van der Waals surface area contributed by atoms with Crippen molar-refractivity contribution in [2.45, 2.75) is 65.3 Å². The van der Waals surface area contributed by atoms with Crippen LogP contribution in [0.4, 0.5) is 10.5 Å². The number of nitrogens with zero attached hydrogens (tertiary/aromatic N) is 1. The van der Waals surface area contributed by atoms with Crippen molar-refractivity contribution in [3.8, 4) is 0 Å². The summed E-state index contributed by atoms with van der Waals surface area (Å²) < 4.78 is 5.25. The van der Waals surface area contributed by atoms with Crippen molar-refractivity contribution in [1.82, 2.24) is 10.2 Å². The summed E-state index contributed by atoms with van der Waals surface area (Å²) in [5, 5.41) is 5.85. The first-order valence-electron chi connectivity index (χ1n) is 11.3. The van der Waals surface area contributed by atoms with Crippen molar-refractivity contribution in [3.63, 3.8) is 0 Å². The average Bonchev–Trinajstić information content (AvgIpc) is 3.26. The van der Waals surface area contributed by atoms with E-state index in [1.807, 2.05) is 19.1 Å². The van der Waals surface area contributed by atoms with E-state index >= 15 is 0 Å². The molecule has 7 heteroatoms. The van der Waals surface area contributed by atoms with Gasteiger partial charge in [-0.15, -0.1) is 0 Å². The lowest BCUT2D eigenvalue weighted by molar-refractivity contribution is -0.139. The molecule has 1 heterocycles. The lowest BCUT2D eigenvalue weighted by Crippen LogP contribution is -2.47. The molecule has 31 heavy (non-hydrogen) atoms. The third-order valence-electron chi connectivity index (χ3n) is 6.19. The number of anilines is 1. The van der Waals surface area contributed by atoms with Gasteiger partial charge in [0.05, 0.1) is 18.2 Å². The highest BCUT2D eigenvalue weighted by Crippen LogP contribution is 2.32. The van der Waals surface area contributed by atoms with Crippen molar-refractivity contribution in [2.24, 2.45) is 5.92 Å². The van der Waals surface area contributed by atoms with E-state index in [0.29, 0.717) is 35.8 Å². The van der Waals surface area contributed by atoms with Gasteiger partial charge in [0, 0.05) is 24.4 Å². The fourth-order valence-corrected chi connectivity index (χ4v) is 4.50. The van der Waals surface area contributed by atoms with Crippen LogP contribution in [-0.4, -0.2) is 36.0 Å². The standard InChI is InChI=1S/C24H33N3O4/c1-4-27-16(3)21(23(29)31-5-2)22(26-24(27)30)18-11-13-19(14-12-18)25-20(28)15-10-17-8-6-7-9-17/h11-14,17,22H,4-10,15H2,1-3H3,(H,25,28)(H,26,30). The van der Waals surface area contributed by atoms with Crippen LogP contribution in [0.5, 0.6) is 0 Å². The molecule has 0 bridgehead atoms. The lowest BCUT2D eigenvalue weighted by atomic mass is 9.94. The van der Waals surface area contributed by atoms with Crippen LogP contribution in [0.25, 0.3) is 0 Å². The highest BCUT2D eigenvalue weighted by atomic mass is 16.5. The number of amides is 3. The van der Waals surface area contributed by atoms with E-state index in [2.05, 4.69) is 10.6 Å². The third kappa shape index (κ3) is 5.46.